The van der Waals surface area contributed by atoms with Crippen molar-refractivity contribution in [1.29, 1.82) is 0 Å². The quantitative estimate of drug-likeness (QED) is 0.759. The molecule has 3 aliphatic rings. The van der Waals surface area contributed by atoms with Gasteiger partial charge < -0.3 is 5.32 Å². The number of nitrogens with one attached hydrogen (secondary N) is 1. The third kappa shape index (κ3) is 1.94. The zero-order valence-electron chi connectivity index (χ0n) is 10.3. The molecule has 2 heteroatoms. The average molecular weight is 208 g/mol. The molecule has 2 unspecified atom stereocenters. The van der Waals surface area contributed by atoms with Crippen molar-refractivity contribution in [1.82, 2.24) is 10.2 Å². The summed E-state index contributed by atoms with van der Waals surface area (Å²) in [7, 11) is 0. The smallest absolute Gasteiger partial charge is 0.0156 e. The Morgan fingerprint density at radius 3 is 2.20 bits per heavy atom. The highest BCUT2D eigenvalue weighted by Crippen LogP contribution is 2.47. The number of fused-ring (bicyclic) bond motifs is 1. The molecule has 3 rings (SSSR count). The van der Waals surface area contributed by atoms with Gasteiger partial charge in [-0.15, -0.1) is 0 Å². The van der Waals surface area contributed by atoms with E-state index in [-0.39, 0.29) is 0 Å². The summed E-state index contributed by atoms with van der Waals surface area (Å²) < 4.78 is 0. The van der Waals surface area contributed by atoms with Crippen LogP contribution in [-0.4, -0.2) is 36.1 Å². The second-order valence-corrected chi connectivity index (χ2v) is 6.78. The summed E-state index contributed by atoms with van der Waals surface area (Å²) >= 11 is 0. The van der Waals surface area contributed by atoms with Crippen LogP contribution in [0.4, 0.5) is 0 Å². The lowest BCUT2D eigenvalue weighted by molar-refractivity contribution is 0.150. The molecule has 2 atom stereocenters. The van der Waals surface area contributed by atoms with Gasteiger partial charge in [0.2, 0.25) is 0 Å². The molecule has 1 saturated heterocycles. The number of hydrogen-bond acceptors (Lipinski definition) is 2. The first kappa shape index (κ1) is 10.1. The zero-order chi connectivity index (χ0) is 10.6. The first-order valence-electron chi connectivity index (χ1n) is 6.54. The fourth-order valence-electron chi connectivity index (χ4n) is 3.00. The molecule has 0 bridgehead atoms. The van der Waals surface area contributed by atoms with Crippen molar-refractivity contribution in [2.45, 2.75) is 45.2 Å². The van der Waals surface area contributed by atoms with E-state index >= 15 is 0 Å². The Hall–Kier alpha value is -0.0800. The average Bonchev–Trinajstić information content (AvgIpc) is 3.01. The fourth-order valence-corrected chi connectivity index (χ4v) is 3.00. The van der Waals surface area contributed by atoms with Crippen LogP contribution in [0.3, 0.4) is 0 Å². The fraction of sp³-hybridized carbons (Fsp3) is 1.00. The maximum Gasteiger partial charge on any atom is 0.0156 e. The normalized spacial score (nSPS) is 40.6. The Kier molecular flexibility index (Phi) is 2.16. The molecule has 1 N–H and O–H groups in total. The second kappa shape index (κ2) is 3.21. The monoisotopic (exact) mass is 208 g/mol. The van der Waals surface area contributed by atoms with Crippen LogP contribution < -0.4 is 5.32 Å². The topological polar surface area (TPSA) is 15.3 Å². The van der Waals surface area contributed by atoms with E-state index in [2.05, 4.69) is 31.0 Å². The predicted molar refractivity (Wildman–Crippen MR) is 62.8 cm³/mol. The van der Waals surface area contributed by atoms with Gasteiger partial charge in [-0.1, -0.05) is 0 Å². The van der Waals surface area contributed by atoms with Crippen LogP contribution >= 0.6 is 0 Å². The molecule has 3 fully saturated rings. The van der Waals surface area contributed by atoms with E-state index < -0.39 is 0 Å². The van der Waals surface area contributed by atoms with Gasteiger partial charge in [-0.25, -0.2) is 0 Å². The maximum absolute atomic E-state index is 3.77. The molecule has 1 aliphatic heterocycles. The third-order valence-corrected chi connectivity index (χ3v) is 4.48. The van der Waals surface area contributed by atoms with Gasteiger partial charge in [-0.3, -0.25) is 4.90 Å². The van der Waals surface area contributed by atoms with Crippen LogP contribution in [0, 0.1) is 17.8 Å². The SMILES string of the molecule is CC(C)(C)N1CC2C(C1)C2NCC1CC1. The summed E-state index contributed by atoms with van der Waals surface area (Å²) in [5.74, 6) is 2.98. The Labute approximate surface area is 93.4 Å². The van der Waals surface area contributed by atoms with Crippen LogP contribution in [0.25, 0.3) is 0 Å². The lowest BCUT2D eigenvalue weighted by Gasteiger charge is -2.33. The van der Waals surface area contributed by atoms with Crippen LogP contribution in [-0.2, 0) is 0 Å². The van der Waals surface area contributed by atoms with Crippen LogP contribution in [0.15, 0.2) is 0 Å². The Morgan fingerprint density at radius 2 is 1.73 bits per heavy atom. The lowest BCUT2D eigenvalue weighted by atomic mass is 10.1. The predicted octanol–water partition coefficient (Wildman–Crippen LogP) is 1.71. The molecular formula is C13H24N2. The van der Waals surface area contributed by atoms with Crippen molar-refractivity contribution < 1.29 is 0 Å². The molecule has 1 heterocycles. The van der Waals surface area contributed by atoms with Gasteiger partial charge in [0.05, 0.1) is 0 Å². The largest absolute Gasteiger partial charge is 0.313 e. The minimum absolute atomic E-state index is 0.383. The van der Waals surface area contributed by atoms with Crippen LogP contribution in [0.5, 0.6) is 0 Å². The number of rotatable bonds is 3. The molecule has 0 radical (unpaired) electrons. The molecule has 0 aromatic heterocycles. The van der Waals surface area contributed by atoms with E-state index in [1.165, 1.54) is 32.5 Å². The van der Waals surface area contributed by atoms with Gasteiger partial charge in [0, 0.05) is 24.7 Å². The molecule has 0 aromatic carbocycles. The number of likely N-dealkylation sites (tertiary alicyclic amines) is 1. The molecule has 2 saturated carbocycles. The molecule has 15 heavy (non-hydrogen) atoms. The van der Waals surface area contributed by atoms with Crippen LogP contribution in [0.2, 0.25) is 0 Å². The highest BCUT2D eigenvalue weighted by Gasteiger charge is 2.56. The van der Waals surface area contributed by atoms with Crippen molar-refractivity contribution in [2.75, 3.05) is 19.6 Å². The highest BCUT2D eigenvalue weighted by atomic mass is 15.3. The van der Waals surface area contributed by atoms with E-state index in [1.807, 2.05) is 0 Å². The molecule has 2 nitrogen and oxygen atoms in total. The minimum atomic E-state index is 0.383. The summed E-state index contributed by atoms with van der Waals surface area (Å²) in [6.07, 6.45) is 2.95. The van der Waals surface area contributed by atoms with Gasteiger partial charge in [-0.2, -0.15) is 0 Å². The van der Waals surface area contributed by atoms with Crippen molar-refractivity contribution in [2.24, 2.45) is 17.8 Å². The van der Waals surface area contributed by atoms with Gasteiger partial charge in [0.15, 0.2) is 0 Å². The number of hydrogen-bond donors (Lipinski definition) is 1. The Balaban J connectivity index is 1.44. The summed E-state index contributed by atoms with van der Waals surface area (Å²) in [4.78, 5) is 2.65. The maximum atomic E-state index is 3.77. The van der Waals surface area contributed by atoms with E-state index in [1.54, 1.807) is 0 Å². The van der Waals surface area contributed by atoms with Crippen molar-refractivity contribution in [3.8, 4) is 0 Å². The Morgan fingerprint density at radius 1 is 1.13 bits per heavy atom. The van der Waals surface area contributed by atoms with Gasteiger partial charge >= 0.3 is 0 Å². The van der Waals surface area contributed by atoms with Crippen molar-refractivity contribution in [3.05, 3.63) is 0 Å². The highest BCUT2D eigenvalue weighted by molar-refractivity contribution is 5.12. The number of nitrogens with zero attached hydrogens (tertiary/aromatic N) is 1. The second-order valence-electron chi connectivity index (χ2n) is 6.78. The van der Waals surface area contributed by atoms with Crippen LogP contribution in [0.1, 0.15) is 33.6 Å². The summed E-state index contributed by atoms with van der Waals surface area (Å²) in [5, 5.41) is 3.77. The third-order valence-electron chi connectivity index (χ3n) is 4.48. The molecule has 0 amide bonds. The van der Waals surface area contributed by atoms with Crippen molar-refractivity contribution >= 4 is 0 Å². The molecule has 0 aromatic rings. The first-order valence-corrected chi connectivity index (χ1v) is 6.54. The molecule has 2 aliphatic carbocycles. The Bertz CT molecular complexity index is 240. The first-order chi connectivity index (χ1) is 7.05. The zero-order valence-corrected chi connectivity index (χ0v) is 10.3. The molecule has 86 valence electrons. The summed E-state index contributed by atoms with van der Waals surface area (Å²) in [5.41, 5.74) is 0.383. The van der Waals surface area contributed by atoms with E-state index in [4.69, 9.17) is 0 Å². The lowest BCUT2D eigenvalue weighted by Crippen LogP contribution is -2.43. The molecular weight excluding hydrogens is 184 g/mol. The molecule has 0 spiro atoms. The van der Waals surface area contributed by atoms with E-state index in [9.17, 15) is 0 Å². The minimum Gasteiger partial charge on any atom is -0.313 e. The number of piperidine rings is 1. The van der Waals surface area contributed by atoms with E-state index in [0.29, 0.717) is 5.54 Å². The van der Waals surface area contributed by atoms with E-state index in [0.717, 1.165) is 23.8 Å². The van der Waals surface area contributed by atoms with Gasteiger partial charge in [-0.05, 0) is 57.9 Å². The summed E-state index contributed by atoms with van der Waals surface area (Å²) in [6, 6.07) is 0.879. The van der Waals surface area contributed by atoms with Crippen molar-refractivity contribution in [3.63, 3.8) is 0 Å². The standard InChI is InChI=1S/C13H24N2/c1-13(2,3)15-7-10-11(8-15)12(10)14-6-9-4-5-9/h9-12,14H,4-8H2,1-3H3. The van der Waals surface area contributed by atoms with Gasteiger partial charge in [0.1, 0.15) is 0 Å². The summed E-state index contributed by atoms with van der Waals surface area (Å²) in [6.45, 7) is 11.0. The van der Waals surface area contributed by atoms with Gasteiger partial charge in [0.25, 0.3) is 0 Å².